The first-order valence-electron chi connectivity index (χ1n) is 4.83. The van der Waals surface area contributed by atoms with Gasteiger partial charge in [-0.25, -0.2) is 0 Å². The Morgan fingerprint density at radius 1 is 0.556 bits per heavy atom. The van der Waals surface area contributed by atoms with Gasteiger partial charge in [-0.05, 0) is 12.1 Å². The second-order valence-electron chi connectivity index (χ2n) is 3.64. The molecule has 0 fully saturated rings. The number of phenolic OH excluding ortho intramolecular Hbond substituents is 4. The van der Waals surface area contributed by atoms with Gasteiger partial charge in [-0.15, -0.1) is 0 Å². The number of benzene rings is 2. The van der Waals surface area contributed by atoms with Gasteiger partial charge in [-0.2, -0.15) is 0 Å². The fourth-order valence-corrected chi connectivity index (χ4v) is 2.03. The molecule has 6 heteroatoms. The van der Waals surface area contributed by atoms with E-state index in [4.69, 9.17) is 23.2 Å². The summed E-state index contributed by atoms with van der Waals surface area (Å²) in [5, 5.41) is 37.7. The number of phenols is 4. The minimum Gasteiger partial charge on any atom is -0.504 e. The van der Waals surface area contributed by atoms with Gasteiger partial charge in [0.15, 0.2) is 23.0 Å². The molecule has 94 valence electrons. The lowest BCUT2D eigenvalue weighted by molar-refractivity contribution is 0.403. The van der Waals surface area contributed by atoms with Crippen molar-refractivity contribution in [3.05, 3.63) is 34.3 Å². The Labute approximate surface area is 112 Å². The summed E-state index contributed by atoms with van der Waals surface area (Å²) in [4.78, 5) is 0. The molecule has 0 heterocycles. The zero-order valence-electron chi connectivity index (χ0n) is 8.85. The highest BCUT2D eigenvalue weighted by atomic mass is 35.5. The smallest absolute Gasteiger partial charge is 0.158 e. The number of aromatic hydroxyl groups is 4. The normalized spacial score (nSPS) is 10.6. The van der Waals surface area contributed by atoms with Crippen LogP contribution in [0, 0.1) is 0 Å². The molecule has 0 atom stereocenters. The van der Waals surface area contributed by atoms with Gasteiger partial charge in [0.1, 0.15) is 0 Å². The lowest BCUT2D eigenvalue weighted by Gasteiger charge is -2.10. The van der Waals surface area contributed by atoms with Gasteiger partial charge in [0.2, 0.25) is 0 Å². The first-order chi connectivity index (χ1) is 8.40. The van der Waals surface area contributed by atoms with E-state index in [0.717, 1.165) is 12.1 Å². The summed E-state index contributed by atoms with van der Waals surface area (Å²) in [6.45, 7) is 0. The van der Waals surface area contributed by atoms with Crippen molar-refractivity contribution in [2.24, 2.45) is 0 Å². The molecule has 0 saturated carbocycles. The Balaban J connectivity index is 2.69. The zero-order chi connectivity index (χ0) is 13.4. The molecule has 0 aliphatic heterocycles. The van der Waals surface area contributed by atoms with Crippen molar-refractivity contribution in [2.75, 3.05) is 0 Å². The molecule has 4 nitrogen and oxygen atoms in total. The summed E-state index contributed by atoms with van der Waals surface area (Å²) in [6, 6.07) is 4.75. The Hall–Kier alpha value is -1.78. The minimum atomic E-state index is -0.363. The molecular weight excluding hydrogens is 279 g/mol. The third kappa shape index (κ3) is 2.12. The predicted molar refractivity (Wildman–Crippen MR) is 68.6 cm³/mol. The van der Waals surface area contributed by atoms with Gasteiger partial charge in [0.05, 0.1) is 10.0 Å². The van der Waals surface area contributed by atoms with Gasteiger partial charge in [0, 0.05) is 23.3 Å². The zero-order valence-corrected chi connectivity index (χ0v) is 10.4. The molecule has 2 aromatic carbocycles. The summed E-state index contributed by atoms with van der Waals surface area (Å²) in [5.74, 6) is -1.44. The molecule has 0 unspecified atom stereocenters. The van der Waals surface area contributed by atoms with Crippen LogP contribution in [0.15, 0.2) is 24.3 Å². The molecule has 0 bridgehead atoms. The highest BCUT2D eigenvalue weighted by molar-refractivity contribution is 6.36. The van der Waals surface area contributed by atoms with Crippen molar-refractivity contribution in [3.63, 3.8) is 0 Å². The van der Waals surface area contributed by atoms with Crippen molar-refractivity contribution in [2.45, 2.75) is 0 Å². The van der Waals surface area contributed by atoms with E-state index in [1.54, 1.807) is 0 Å². The highest BCUT2D eigenvalue weighted by Gasteiger charge is 2.14. The number of hydrogen-bond acceptors (Lipinski definition) is 4. The number of rotatable bonds is 1. The first kappa shape index (κ1) is 12.7. The van der Waals surface area contributed by atoms with Gasteiger partial charge < -0.3 is 20.4 Å². The maximum atomic E-state index is 9.44. The van der Waals surface area contributed by atoms with E-state index in [1.165, 1.54) is 12.1 Å². The third-order valence-electron chi connectivity index (χ3n) is 2.42. The van der Waals surface area contributed by atoms with Gasteiger partial charge in [-0.1, -0.05) is 23.2 Å². The molecule has 0 spiro atoms. The van der Waals surface area contributed by atoms with E-state index in [9.17, 15) is 20.4 Å². The molecule has 0 aromatic heterocycles. The van der Waals surface area contributed by atoms with Crippen LogP contribution in [-0.4, -0.2) is 20.4 Å². The SMILES string of the molecule is Oc1cc(Cl)c(-c2cc(O)c(O)cc2Cl)cc1O. The average Bonchev–Trinajstić information content (AvgIpc) is 2.29. The van der Waals surface area contributed by atoms with Crippen molar-refractivity contribution >= 4 is 23.2 Å². The van der Waals surface area contributed by atoms with Gasteiger partial charge in [0.25, 0.3) is 0 Å². The molecule has 4 N–H and O–H groups in total. The summed E-state index contributed by atoms with van der Waals surface area (Å²) in [6.07, 6.45) is 0. The van der Waals surface area contributed by atoms with E-state index in [2.05, 4.69) is 0 Å². The second-order valence-corrected chi connectivity index (χ2v) is 4.46. The Morgan fingerprint density at radius 3 is 1.17 bits per heavy atom. The van der Waals surface area contributed by atoms with E-state index in [-0.39, 0.29) is 33.0 Å². The number of halogens is 2. The lowest BCUT2D eigenvalue weighted by Crippen LogP contribution is -1.83. The fraction of sp³-hybridized carbons (Fsp3) is 0. The molecule has 0 saturated heterocycles. The van der Waals surface area contributed by atoms with Crippen molar-refractivity contribution < 1.29 is 20.4 Å². The molecule has 0 amide bonds. The van der Waals surface area contributed by atoms with Crippen molar-refractivity contribution in [1.82, 2.24) is 0 Å². The Bertz CT molecular complexity index is 570. The van der Waals surface area contributed by atoms with E-state index < -0.39 is 0 Å². The van der Waals surface area contributed by atoms with Crippen LogP contribution in [-0.2, 0) is 0 Å². The average molecular weight is 287 g/mol. The predicted octanol–water partition coefficient (Wildman–Crippen LogP) is 3.48. The monoisotopic (exact) mass is 286 g/mol. The summed E-state index contributed by atoms with van der Waals surface area (Å²) < 4.78 is 0. The van der Waals surface area contributed by atoms with Crippen LogP contribution in [0.2, 0.25) is 10.0 Å². The molecule has 18 heavy (non-hydrogen) atoms. The highest BCUT2D eigenvalue weighted by Crippen LogP contribution is 2.43. The maximum Gasteiger partial charge on any atom is 0.158 e. The fourth-order valence-electron chi connectivity index (χ4n) is 1.52. The Kier molecular flexibility index (Phi) is 3.15. The van der Waals surface area contributed by atoms with Crippen molar-refractivity contribution in [1.29, 1.82) is 0 Å². The van der Waals surface area contributed by atoms with Crippen LogP contribution in [0.3, 0.4) is 0 Å². The second kappa shape index (κ2) is 4.48. The summed E-state index contributed by atoms with van der Waals surface area (Å²) in [5.41, 5.74) is 0.652. The molecule has 2 rings (SSSR count). The van der Waals surface area contributed by atoms with E-state index >= 15 is 0 Å². The van der Waals surface area contributed by atoms with Crippen molar-refractivity contribution in [3.8, 4) is 34.1 Å². The van der Waals surface area contributed by atoms with Gasteiger partial charge in [-0.3, -0.25) is 0 Å². The summed E-state index contributed by atoms with van der Waals surface area (Å²) in [7, 11) is 0. The molecular formula is C12H8Cl2O4. The molecule has 0 radical (unpaired) electrons. The quantitative estimate of drug-likeness (QED) is 0.605. The molecule has 2 aromatic rings. The van der Waals surface area contributed by atoms with Crippen LogP contribution in [0.5, 0.6) is 23.0 Å². The minimum absolute atomic E-state index is 0.150. The van der Waals surface area contributed by atoms with Crippen LogP contribution in [0.4, 0.5) is 0 Å². The maximum absolute atomic E-state index is 9.44. The van der Waals surface area contributed by atoms with Crippen LogP contribution in [0.1, 0.15) is 0 Å². The third-order valence-corrected chi connectivity index (χ3v) is 3.04. The lowest BCUT2D eigenvalue weighted by atomic mass is 10.0. The molecule has 0 aliphatic carbocycles. The first-order valence-corrected chi connectivity index (χ1v) is 5.59. The largest absolute Gasteiger partial charge is 0.504 e. The summed E-state index contributed by atoms with van der Waals surface area (Å²) >= 11 is 11.9. The standard InChI is InChI=1S/C12H8Cl2O4/c13-7-3-11(17)9(15)1-5(7)6-2-10(16)12(18)4-8(6)14/h1-4,15-18H. The molecule has 0 aliphatic rings. The number of hydrogen-bond donors (Lipinski definition) is 4. The van der Waals surface area contributed by atoms with E-state index in [0.29, 0.717) is 11.1 Å². The topological polar surface area (TPSA) is 80.9 Å². The van der Waals surface area contributed by atoms with Gasteiger partial charge >= 0.3 is 0 Å². The van der Waals surface area contributed by atoms with E-state index in [1.807, 2.05) is 0 Å². The van der Waals surface area contributed by atoms with Crippen LogP contribution < -0.4 is 0 Å². The van der Waals surface area contributed by atoms with Crippen LogP contribution in [0.25, 0.3) is 11.1 Å². The van der Waals surface area contributed by atoms with Crippen LogP contribution >= 0.6 is 23.2 Å². The Morgan fingerprint density at radius 2 is 0.833 bits per heavy atom.